The molecule has 0 heterocycles. The van der Waals surface area contributed by atoms with Crippen molar-refractivity contribution in [1.82, 2.24) is 0 Å². The number of hydrogen-bond donors (Lipinski definition) is 5. The van der Waals surface area contributed by atoms with Crippen molar-refractivity contribution in [1.29, 1.82) is 0 Å². The van der Waals surface area contributed by atoms with Crippen molar-refractivity contribution in [3.8, 4) is 0 Å². The Bertz CT molecular complexity index is 1780. The first kappa shape index (κ1) is 47.0. The summed E-state index contributed by atoms with van der Waals surface area (Å²) in [6.07, 6.45) is -1.08. The Morgan fingerprint density at radius 1 is 0.441 bits per heavy atom. The lowest BCUT2D eigenvalue weighted by atomic mass is 9.87. The number of rotatable bonds is 20. The van der Waals surface area contributed by atoms with Crippen LogP contribution in [-0.4, -0.2) is 90.9 Å². The smallest absolute Gasteiger partial charge is 0.193 e. The standard InChI is InChI=1S/C48H58O11/c1-10-48(27-49,28-58-38(30-11-19-34(20-12-30)40(50)44(2,3)54)31-13-21-35(22-14-31)41(51)45(4,5)55)29-59-39(32-15-23-36(24-16-32)42(52)46(6,7)56)33-17-25-37(26-18-33)43(53)47(8,9)57/h11-26,38-39,49,54-57H,10,27-29H2,1-9H3. The molecule has 0 aliphatic heterocycles. The fraction of sp³-hybridized carbons (Fsp3) is 0.417. The third-order valence-electron chi connectivity index (χ3n) is 10.3. The van der Waals surface area contributed by atoms with Gasteiger partial charge in [0, 0.05) is 27.7 Å². The minimum Gasteiger partial charge on any atom is -0.396 e. The Morgan fingerprint density at radius 2 is 0.644 bits per heavy atom. The van der Waals surface area contributed by atoms with E-state index >= 15 is 0 Å². The Balaban J connectivity index is 1.70. The van der Waals surface area contributed by atoms with E-state index in [2.05, 4.69) is 0 Å². The largest absolute Gasteiger partial charge is 0.396 e. The molecule has 4 aromatic carbocycles. The highest BCUT2D eigenvalue weighted by Crippen LogP contribution is 2.35. The predicted molar refractivity (Wildman–Crippen MR) is 224 cm³/mol. The van der Waals surface area contributed by atoms with E-state index in [4.69, 9.17) is 9.47 Å². The lowest BCUT2D eigenvalue weighted by molar-refractivity contribution is -0.0800. The first-order valence-corrected chi connectivity index (χ1v) is 19.6. The van der Waals surface area contributed by atoms with Crippen molar-refractivity contribution < 1.29 is 54.2 Å². The monoisotopic (exact) mass is 810 g/mol. The number of ether oxygens (including phenoxy) is 2. The fourth-order valence-corrected chi connectivity index (χ4v) is 6.39. The van der Waals surface area contributed by atoms with Crippen LogP contribution in [-0.2, 0) is 9.47 Å². The summed E-state index contributed by atoms with van der Waals surface area (Å²) < 4.78 is 13.3. The number of ketones is 4. The van der Waals surface area contributed by atoms with E-state index in [1.165, 1.54) is 55.4 Å². The van der Waals surface area contributed by atoms with Gasteiger partial charge >= 0.3 is 0 Å². The number of aliphatic hydroxyl groups excluding tert-OH is 1. The molecule has 0 bridgehead atoms. The molecule has 0 spiro atoms. The van der Waals surface area contributed by atoms with Crippen molar-refractivity contribution in [2.45, 2.75) is 103 Å². The van der Waals surface area contributed by atoms with Crippen LogP contribution < -0.4 is 0 Å². The van der Waals surface area contributed by atoms with Crippen LogP contribution in [0.25, 0.3) is 0 Å². The zero-order chi connectivity index (χ0) is 44.1. The molecule has 0 aromatic heterocycles. The van der Waals surface area contributed by atoms with E-state index in [1.54, 1.807) is 97.1 Å². The topological polar surface area (TPSA) is 188 Å². The van der Waals surface area contributed by atoms with Gasteiger partial charge < -0.3 is 35.0 Å². The van der Waals surface area contributed by atoms with E-state index in [9.17, 15) is 44.7 Å². The molecular weight excluding hydrogens is 753 g/mol. The summed E-state index contributed by atoms with van der Waals surface area (Å²) in [7, 11) is 0. The fourth-order valence-electron chi connectivity index (χ4n) is 6.39. The van der Waals surface area contributed by atoms with Crippen molar-refractivity contribution in [3.05, 3.63) is 142 Å². The quantitative estimate of drug-likeness (QED) is 0.0591. The molecule has 4 rings (SSSR count). The van der Waals surface area contributed by atoms with Gasteiger partial charge in [0.25, 0.3) is 0 Å². The van der Waals surface area contributed by atoms with Crippen molar-refractivity contribution in [2.24, 2.45) is 5.41 Å². The average Bonchev–Trinajstić information content (AvgIpc) is 3.18. The van der Waals surface area contributed by atoms with Gasteiger partial charge in [-0.05, 0) is 84.1 Å². The minimum atomic E-state index is -1.58. The van der Waals surface area contributed by atoms with Gasteiger partial charge in [-0.1, -0.05) is 104 Å². The molecule has 0 saturated carbocycles. The molecule has 0 saturated heterocycles. The highest BCUT2D eigenvalue weighted by Gasteiger charge is 2.34. The summed E-state index contributed by atoms with van der Waals surface area (Å²) in [5.74, 6) is -1.82. The summed E-state index contributed by atoms with van der Waals surface area (Å²) in [6, 6.07) is 26.6. The van der Waals surface area contributed by atoms with E-state index < -0.39 is 63.2 Å². The van der Waals surface area contributed by atoms with Gasteiger partial charge in [-0.15, -0.1) is 0 Å². The van der Waals surface area contributed by atoms with Gasteiger partial charge in [-0.25, -0.2) is 0 Å². The molecular formula is C48H58O11. The average molecular weight is 811 g/mol. The number of carbonyl (C=O) groups excluding carboxylic acids is 4. The molecule has 316 valence electrons. The number of aliphatic hydroxyl groups is 5. The maximum Gasteiger partial charge on any atom is 0.193 e. The molecule has 0 aliphatic rings. The number of benzene rings is 4. The molecule has 0 atom stereocenters. The molecule has 0 amide bonds. The maximum absolute atomic E-state index is 12.8. The summed E-state index contributed by atoms with van der Waals surface area (Å²) in [6.45, 7) is 12.9. The molecule has 0 aliphatic carbocycles. The SMILES string of the molecule is CCC(CO)(COC(c1ccc(C(=O)C(C)(C)O)cc1)c1ccc(C(=O)C(C)(C)O)cc1)COC(c1ccc(C(=O)C(C)(C)O)cc1)c1ccc(C(=O)C(C)(C)O)cc1. The molecule has 11 heteroatoms. The highest BCUT2D eigenvalue weighted by molar-refractivity contribution is 6.03. The summed E-state index contributed by atoms with van der Waals surface area (Å²) in [5.41, 5.74) is -3.44. The molecule has 0 fully saturated rings. The maximum atomic E-state index is 12.8. The van der Waals surface area contributed by atoms with Crippen LogP contribution >= 0.6 is 0 Å². The second-order valence-corrected chi connectivity index (χ2v) is 17.4. The van der Waals surface area contributed by atoms with E-state index in [1.807, 2.05) is 6.92 Å². The second-order valence-electron chi connectivity index (χ2n) is 17.4. The van der Waals surface area contributed by atoms with Gasteiger partial charge in [0.2, 0.25) is 0 Å². The summed E-state index contributed by atoms with van der Waals surface area (Å²) >= 11 is 0. The third-order valence-corrected chi connectivity index (χ3v) is 10.3. The molecule has 11 nitrogen and oxygen atoms in total. The first-order valence-electron chi connectivity index (χ1n) is 19.6. The first-order chi connectivity index (χ1) is 27.3. The molecule has 59 heavy (non-hydrogen) atoms. The lowest BCUT2D eigenvalue weighted by Crippen LogP contribution is -2.37. The third kappa shape index (κ3) is 11.7. The van der Waals surface area contributed by atoms with Gasteiger partial charge in [0.1, 0.15) is 34.6 Å². The highest BCUT2D eigenvalue weighted by atomic mass is 16.5. The lowest BCUT2D eigenvalue weighted by Gasteiger charge is -2.34. The zero-order valence-corrected chi connectivity index (χ0v) is 35.4. The predicted octanol–water partition coefficient (Wildman–Crippen LogP) is 6.80. The van der Waals surface area contributed by atoms with Crippen LogP contribution in [0.15, 0.2) is 97.1 Å². The van der Waals surface area contributed by atoms with Crippen LogP contribution in [0.3, 0.4) is 0 Å². The van der Waals surface area contributed by atoms with Crippen LogP contribution in [0.1, 0.15) is 145 Å². The van der Waals surface area contributed by atoms with E-state index in [0.29, 0.717) is 50.9 Å². The van der Waals surface area contributed by atoms with E-state index in [-0.39, 0.29) is 19.8 Å². The zero-order valence-electron chi connectivity index (χ0n) is 35.4. The minimum absolute atomic E-state index is 0.00978. The van der Waals surface area contributed by atoms with Crippen molar-refractivity contribution in [3.63, 3.8) is 0 Å². The van der Waals surface area contributed by atoms with Gasteiger partial charge in [-0.2, -0.15) is 0 Å². The van der Waals surface area contributed by atoms with Crippen LogP contribution in [0.2, 0.25) is 0 Å². The summed E-state index contributed by atoms with van der Waals surface area (Å²) in [4.78, 5) is 51.3. The normalized spacial score (nSPS) is 12.9. The van der Waals surface area contributed by atoms with Crippen LogP contribution in [0.5, 0.6) is 0 Å². The number of hydrogen-bond acceptors (Lipinski definition) is 11. The summed E-state index contributed by atoms with van der Waals surface area (Å²) in [5, 5.41) is 52.2. The molecule has 0 radical (unpaired) electrons. The number of Topliss-reactive ketones (excluding diaryl/α,β-unsaturated/α-hetero) is 4. The Morgan fingerprint density at radius 3 is 0.797 bits per heavy atom. The van der Waals surface area contributed by atoms with Crippen molar-refractivity contribution in [2.75, 3.05) is 19.8 Å². The Hall–Kier alpha value is -4.72. The van der Waals surface area contributed by atoms with Gasteiger partial charge in [0.15, 0.2) is 23.1 Å². The molecule has 5 N–H and O–H groups in total. The Labute approximate surface area is 346 Å². The molecule has 4 aromatic rings. The number of carbonyl (C=O) groups is 4. The van der Waals surface area contributed by atoms with Crippen molar-refractivity contribution >= 4 is 23.1 Å². The van der Waals surface area contributed by atoms with Crippen LogP contribution in [0.4, 0.5) is 0 Å². The Kier molecular flexibility index (Phi) is 14.5. The second kappa shape index (κ2) is 18.3. The van der Waals surface area contributed by atoms with Gasteiger partial charge in [0.05, 0.1) is 19.8 Å². The van der Waals surface area contributed by atoms with Gasteiger partial charge in [-0.3, -0.25) is 19.2 Å². The molecule has 0 unspecified atom stereocenters. The van der Waals surface area contributed by atoms with E-state index in [0.717, 1.165) is 0 Å². The van der Waals surface area contributed by atoms with Crippen LogP contribution in [0, 0.1) is 5.41 Å².